The normalized spacial score (nSPS) is 13.8. The van der Waals surface area contributed by atoms with Gasteiger partial charge in [0.2, 0.25) is 5.91 Å². The van der Waals surface area contributed by atoms with Crippen molar-refractivity contribution < 1.29 is 14.7 Å². The zero-order valence-electron chi connectivity index (χ0n) is 14.0. The highest BCUT2D eigenvalue weighted by Crippen LogP contribution is 2.22. The topological polar surface area (TPSA) is 78.4 Å². The van der Waals surface area contributed by atoms with E-state index in [1.54, 1.807) is 6.07 Å². The Balaban J connectivity index is 1.54. The van der Waals surface area contributed by atoms with Gasteiger partial charge in [0, 0.05) is 5.56 Å². The molecule has 130 valence electrons. The second kappa shape index (κ2) is 7.94. The summed E-state index contributed by atoms with van der Waals surface area (Å²) in [4.78, 5) is 24.3. The second-order valence-corrected chi connectivity index (χ2v) is 6.23. The summed E-state index contributed by atoms with van der Waals surface area (Å²) in [6.45, 7) is -0.326. The average Bonchev–Trinajstić information content (AvgIpc) is 3.12. The zero-order valence-corrected chi connectivity index (χ0v) is 14.0. The number of fused-ring (bicyclic) bond motifs is 1. The van der Waals surface area contributed by atoms with Gasteiger partial charge in [0.05, 0.1) is 19.2 Å². The molecule has 1 aliphatic rings. The fourth-order valence-corrected chi connectivity index (χ4v) is 3.14. The lowest BCUT2D eigenvalue weighted by molar-refractivity contribution is -0.121. The molecule has 0 saturated heterocycles. The van der Waals surface area contributed by atoms with E-state index in [1.807, 2.05) is 42.5 Å². The van der Waals surface area contributed by atoms with Crippen LogP contribution in [0.2, 0.25) is 0 Å². The first-order chi connectivity index (χ1) is 12.2. The summed E-state index contributed by atoms with van der Waals surface area (Å²) in [5, 5.41) is 14.8. The van der Waals surface area contributed by atoms with Crippen LogP contribution in [0.5, 0.6) is 0 Å². The Morgan fingerprint density at radius 3 is 2.56 bits per heavy atom. The second-order valence-electron chi connectivity index (χ2n) is 6.23. The summed E-state index contributed by atoms with van der Waals surface area (Å²) in [6.07, 6.45) is 3.21. The summed E-state index contributed by atoms with van der Waals surface area (Å²) in [5.74, 6) is -0.595. The van der Waals surface area contributed by atoms with Gasteiger partial charge in [-0.25, -0.2) is 0 Å². The van der Waals surface area contributed by atoms with E-state index in [0.717, 1.165) is 24.8 Å². The zero-order chi connectivity index (χ0) is 17.6. The van der Waals surface area contributed by atoms with Gasteiger partial charge in [-0.2, -0.15) is 0 Å². The van der Waals surface area contributed by atoms with Crippen LogP contribution in [-0.2, 0) is 17.6 Å². The van der Waals surface area contributed by atoms with Crippen molar-refractivity contribution in [3.8, 4) is 0 Å². The highest BCUT2D eigenvalue weighted by atomic mass is 16.3. The van der Waals surface area contributed by atoms with Crippen LogP contribution in [0.4, 0.5) is 0 Å². The fourth-order valence-electron chi connectivity index (χ4n) is 3.14. The highest BCUT2D eigenvalue weighted by Gasteiger charge is 2.16. The first kappa shape index (κ1) is 17.2. The van der Waals surface area contributed by atoms with E-state index in [0.29, 0.717) is 5.56 Å². The van der Waals surface area contributed by atoms with E-state index in [-0.39, 0.29) is 25.0 Å². The lowest BCUT2D eigenvalue weighted by Crippen LogP contribution is -2.39. The van der Waals surface area contributed by atoms with Gasteiger partial charge in [-0.1, -0.05) is 36.4 Å². The van der Waals surface area contributed by atoms with Crippen molar-refractivity contribution in [3.05, 3.63) is 70.8 Å². The minimum atomic E-state index is -0.481. The van der Waals surface area contributed by atoms with Crippen molar-refractivity contribution in [3.63, 3.8) is 0 Å². The fraction of sp³-hybridized carbons (Fsp3) is 0.300. The number of nitrogens with one attached hydrogen (secondary N) is 2. The van der Waals surface area contributed by atoms with Crippen LogP contribution in [0.1, 0.15) is 39.5 Å². The molecule has 0 spiro atoms. The molecule has 5 heteroatoms. The number of aryl methyl sites for hydroxylation is 2. The van der Waals surface area contributed by atoms with Gasteiger partial charge in [-0.3, -0.25) is 9.59 Å². The number of amides is 2. The van der Waals surface area contributed by atoms with Gasteiger partial charge in [-0.05, 0) is 48.1 Å². The summed E-state index contributed by atoms with van der Waals surface area (Å²) >= 11 is 0. The Labute approximate surface area is 147 Å². The molecule has 0 saturated carbocycles. The summed E-state index contributed by atoms with van der Waals surface area (Å²) < 4.78 is 0. The first-order valence-electron chi connectivity index (χ1n) is 8.52. The number of hydrogen-bond donors (Lipinski definition) is 3. The Morgan fingerprint density at radius 1 is 1.04 bits per heavy atom. The van der Waals surface area contributed by atoms with Gasteiger partial charge in [0.25, 0.3) is 5.91 Å². The van der Waals surface area contributed by atoms with Crippen LogP contribution in [0.3, 0.4) is 0 Å². The summed E-state index contributed by atoms with van der Waals surface area (Å²) in [6, 6.07) is 14.5. The minimum absolute atomic E-state index is 0.126. The molecule has 1 atom stereocenters. The Bertz CT molecular complexity index is 759. The molecule has 0 unspecified atom stereocenters. The SMILES string of the molecule is O=C(CNC(=O)c1ccc2c(c1)CCC2)N[C@H](CO)c1ccccc1. The maximum Gasteiger partial charge on any atom is 0.251 e. The molecule has 2 aromatic rings. The predicted octanol–water partition coefficient (Wildman–Crippen LogP) is 1.75. The van der Waals surface area contributed by atoms with Gasteiger partial charge in [-0.15, -0.1) is 0 Å². The molecule has 1 aliphatic carbocycles. The number of rotatable bonds is 6. The van der Waals surface area contributed by atoms with E-state index < -0.39 is 6.04 Å². The molecule has 3 N–H and O–H groups in total. The smallest absolute Gasteiger partial charge is 0.251 e. The van der Waals surface area contributed by atoms with Crippen LogP contribution >= 0.6 is 0 Å². The first-order valence-corrected chi connectivity index (χ1v) is 8.52. The standard InChI is InChI=1S/C20H22N2O3/c23-13-18(15-5-2-1-3-6-15)22-19(24)12-21-20(25)17-10-9-14-7-4-8-16(14)11-17/h1-3,5-6,9-11,18,23H,4,7-8,12-13H2,(H,21,25)(H,22,24)/t18-/m1/s1. The number of carbonyl (C=O) groups excluding carboxylic acids is 2. The lowest BCUT2D eigenvalue weighted by Gasteiger charge is -2.17. The van der Waals surface area contributed by atoms with E-state index in [2.05, 4.69) is 10.6 Å². The van der Waals surface area contributed by atoms with Crippen molar-refractivity contribution in [1.29, 1.82) is 0 Å². The average molecular weight is 338 g/mol. The Morgan fingerprint density at radius 2 is 1.80 bits per heavy atom. The van der Waals surface area contributed by atoms with Crippen molar-refractivity contribution in [2.24, 2.45) is 0 Å². The summed E-state index contributed by atoms with van der Waals surface area (Å²) in [7, 11) is 0. The lowest BCUT2D eigenvalue weighted by atomic mass is 10.1. The van der Waals surface area contributed by atoms with E-state index in [4.69, 9.17) is 0 Å². The number of hydrogen-bond acceptors (Lipinski definition) is 3. The molecule has 0 fully saturated rings. The Kier molecular flexibility index (Phi) is 5.46. The van der Waals surface area contributed by atoms with Crippen molar-refractivity contribution in [2.45, 2.75) is 25.3 Å². The summed E-state index contributed by atoms with van der Waals surface area (Å²) in [5.41, 5.74) is 3.93. The van der Waals surface area contributed by atoms with Crippen molar-refractivity contribution in [1.82, 2.24) is 10.6 Å². The molecule has 3 rings (SSSR count). The molecular formula is C20H22N2O3. The number of carbonyl (C=O) groups is 2. The molecule has 2 amide bonds. The van der Waals surface area contributed by atoms with Crippen LogP contribution in [0.25, 0.3) is 0 Å². The van der Waals surface area contributed by atoms with E-state index in [1.165, 1.54) is 11.1 Å². The molecule has 0 bridgehead atoms. The minimum Gasteiger partial charge on any atom is -0.394 e. The van der Waals surface area contributed by atoms with Crippen LogP contribution in [0, 0.1) is 0 Å². The van der Waals surface area contributed by atoms with Gasteiger partial charge in [0.1, 0.15) is 0 Å². The predicted molar refractivity (Wildman–Crippen MR) is 95.2 cm³/mol. The quantitative estimate of drug-likeness (QED) is 0.751. The molecule has 0 aliphatic heterocycles. The van der Waals surface area contributed by atoms with Crippen LogP contribution in [-0.4, -0.2) is 30.1 Å². The molecule has 5 nitrogen and oxygen atoms in total. The van der Waals surface area contributed by atoms with Gasteiger partial charge < -0.3 is 15.7 Å². The van der Waals surface area contributed by atoms with Crippen LogP contribution < -0.4 is 10.6 Å². The van der Waals surface area contributed by atoms with Gasteiger partial charge >= 0.3 is 0 Å². The molecule has 0 radical (unpaired) electrons. The third-order valence-electron chi connectivity index (χ3n) is 4.49. The largest absolute Gasteiger partial charge is 0.394 e. The third kappa shape index (κ3) is 4.25. The molecular weight excluding hydrogens is 316 g/mol. The van der Waals surface area contributed by atoms with Crippen molar-refractivity contribution >= 4 is 11.8 Å². The number of benzene rings is 2. The monoisotopic (exact) mass is 338 g/mol. The van der Waals surface area contributed by atoms with E-state index >= 15 is 0 Å². The van der Waals surface area contributed by atoms with Gasteiger partial charge in [0.15, 0.2) is 0 Å². The molecule has 0 aromatic heterocycles. The maximum atomic E-state index is 12.2. The maximum absolute atomic E-state index is 12.2. The number of aliphatic hydroxyl groups excluding tert-OH is 1. The highest BCUT2D eigenvalue weighted by molar-refractivity contribution is 5.96. The van der Waals surface area contributed by atoms with E-state index in [9.17, 15) is 14.7 Å². The van der Waals surface area contributed by atoms with Crippen molar-refractivity contribution in [2.75, 3.05) is 13.2 Å². The third-order valence-corrected chi connectivity index (χ3v) is 4.49. The Hall–Kier alpha value is -2.66. The number of aliphatic hydroxyl groups is 1. The molecule has 2 aromatic carbocycles. The van der Waals surface area contributed by atoms with Crippen LogP contribution in [0.15, 0.2) is 48.5 Å². The molecule has 0 heterocycles. The molecule has 25 heavy (non-hydrogen) atoms.